The van der Waals surface area contributed by atoms with Gasteiger partial charge >= 0.3 is 0 Å². The van der Waals surface area contributed by atoms with E-state index in [1.165, 1.54) is 0 Å². The number of rotatable bonds is 3. The van der Waals surface area contributed by atoms with E-state index in [1.807, 2.05) is 42.7 Å². The lowest BCUT2D eigenvalue weighted by Crippen LogP contribution is -1.85. The van der Waals surface area contributed by atoms with Crippen LogP contribution in [0.15, 0.2) is 63.2 Å². The molecule has 0 aliphatic rings. The van der Waals surface area contributed by atoms with Crippen molar-refractivity contribution in [1.82, 2.24) is 0 Å². The Balaban J connectivity index is 2.37. The molecule has 2 aromatic carbocycles. The van der Waals surface area contributed by atoms with Crippen LogP contribution < -0.4 is 0 Å². The molecule has 0 radical (unpaired) electrons. The summed E-state index contributed by atoms with van der Waals surface area (Å²) in [7, 11) is 0. The molecule has 2 aromatic rings. The second-order valence-electron chi connectivity index (χ2n) is 3.36. The van der Waals surface area contributed by atoms with Crippen LogP contribution in [0.3, 0.4) is 0 Å². The minimum absolute atomic E-state index is 0.772. The molecule has 0 heterocycles. The summed E-state index contributed by atoms with van der Waals surface area (Å²) < 4.78 is 0. The molecular weight excluding hydrogens is 246 g/mol. The molecule has 2 rings (SSSR count). The maximum absolute atomic E-state index is 9.23. The van der Waals surface area contributed by atoms with Gasteiger partial charge in [0.05, 0.1) is 5.56 Å². The summed E-state index contributed by atoms with van der Waals surface area (Å²) >= 11 is 3.24. The van der Waals surface area contributed by atoms with Crippen LogP contribution in [-0.4, -0.2) is 6.26 Å². The Kier molecular flexibility index (Phi) is 4.13. The summed E-state index contributed by atoms with van der Waals surface area (Å²) in [5.41, 5.74) is 0.772. The van der Waals surface area contributed by atoms with Gasteiger partial charge in [0.25, 0.3) is 0 Å². The van der Waals surface area contributed by atoms with Gasteiger partial charge < -0.3 is 0 Å². The second-order valence-corrected chi connectivity index (χ2v) is 5.32. The van der Waals surface area contributed by atoms with Gasteiger partial charge in [0, 0.05) is 14.7 Å². The lowest BCUT2D eigenvalue weighted by Gasteiger charge is -2.06. The molecule has 0 unspecified atom stereocenters. The van der Waals surface area contributed by atoms with Crippen LogP contribution in [0, 0.1) is 11.3 Å². The Morgan fingerprint density at radius 1 is 0.941 bits per heavy atom. The van der Waals surface area contributed by atoms with Crippen LogP contribution in [0.1, 0.15) is 5.56 Å². The standard InChI is InChI=1S/C14H11NS2/c1-16-13-8-5-9-14(12(13)10-15)17-11-6-3-2-4-7-11/h2-9H,1H3. The van der Waals surface area contributed by atoms with Crippen molar-refractivity contribution >= 4 is 23.5 Å². The first-order chi connectivity index (χ1) is 8.35. The second kappa shape index (κ2) is 5.81. The molecule has 0 saturated carbocycles. The Morgan fingerprint density at radius 2 is 1.65 bits per heavy atom. The van der Waals surface area contributed by atoms with Gasteiger partial charge in [-0.25, -0.2) is 0 Å². The largest absolute Gasteiger partial charge is 0.192 e. The predicted molar refractivity (Wildman–Crippen MR) is 73.5 cm³/mol. The van der Waals surface area contributed by atoms with Crippen molar-refractivity contribution in [1.29, 1.82) is 5.26 Å². The van der Waals surface area contributed by atoms with Crippen LogP contribution >= 0.6 is 23.5 Å². The van der Waals surface area contributed by atoms with Crippen molar-refractivity contribution in [2.24, 2.45) is 0 Å². The molecule has 0 aliphatic carbocycles. The van der Waals surface area contributed by atoms with Gasteiger partial charge in [0.2, 0.25) is 0 Å². The van der Waals surface area contributed by atoms with Gasteiger partial charge in [-0.1, -0.05) is 36.0 Å². The molecule has 0 bridgehead atoms. The monoisotopic (exact) mass is 257 g/mol. The summed E-state index contributed by atoms with van der Waals surface area (Å²) in [6.45, 7) is 0. The number of benzene rings is 2. The van der Waals surface area contributed by atoms with E-state index >= 15 is 0 Å². The fourth-order valence-electron chi connectivity index (χ4n) is 1.49. The Bertz CT molecular complexity index is 544. The van der Waals surface area contributed by atoms with Crippen LogP contribution in [0.25, 0.3) is 0 Å². The summed E-state index contributed by atoms with van der Waals surface area (Å²) in [4.78, 5) is 3.21. The van der Waals surface area contributed by atoms with E-state index in [-0.39, 0.29) is 0 Å². The summed E-state index contributed by atoms with van der Waals surface area (Å²) in [6.07, 6.45) is 1.99. The highest BCUT2D eigenvalue weighted by Gasteiger charge is 2.08. The number of nitriles is 1. The van der Waals surface area contributed by atoms with E-state index in [0.29, 0.717) is 0 Å². The third kappa shape index (κ3) is 2.85. The molecule has 0 saturated heterocycles. The number of hydrogen-bond donors (Lipinski definition) is 0. The quantitative estimate of drug-likeness (QED) is 0.760. The van der Waals surface area contributed by atoms with Crippen LogP contribution in [-0.2, 0) is 0 Å². The van der Waals surface area contributed by atoms with Crippen molar-refractivity contribution in [3.05, 3.63) is 54.1 Å². The third-order valence-corrected chi connectivity index (χ3v) is 4.14. The third-order valence-electron chi connectivity index (χ3n) is 2.29. The SMILES string of the molecule is CSc1cccc(Sc2ccccc2)c1C#N. The van der Waals surface area contributed by atoms with E-state index in [0.717, 1.165) is 20.2 Å². The highest BCUT2D eigenvalue weighted by molar-refractivity contribution is 8.00. The van der Waals surface area contributed by atoms with Gasteiger partial charge in [0.15, 0.2) is 0 Å². The maximum atomic E-state index is 9.23. The van der Waals surface area contributed by atoms with Crippen LogP contribution in [0.4, 0.5) is 0 Å². The predicted octanol–water partition coefficient (Wildman–Crippen LogP) is 4.43. The van der Waals surface area contributed by atoms with E-state index in [2.05, 4.69) is 18.2 Å². The molecule has 0 amide bonds. The summed E-state index contributed by atoms with van der Waals surface area (Å²) in [5, 5.41) is 9.23. The van der Waals surface area contributed by atoms with Crippen molar-refractivity contribution < 1.29 is 0 Å². The van der Waals surface area contributed by atoms with E-state index in [1.54, 1.807) is 23.5 Å². The molecule has 0 N–H and O–H groups in total. The fraction of sp³-hybridized carbons (Fsp3) is 0.0714. The van der Waals surface area contributed by atoms with E-state index in [9.17, 15) is 5.26 Å². The van der Waals surface area contributed by atoms with Crippen molar-refractivity contribution in [2.75, 3.05) is 6.26 Å². The molecule has 0 fully saturated rings. The molecule has 0 spiro atoms. The average molecular weight is 257 g/mol. The van der Waals surface area contributed by atoms with Crippen molar-refractivity contribution in [2.45, 2.75) is 14.7 Å². The van der Waals surface area contributed by atoms with Gasteiger partial charge in [-0.2, -0.15) is 5.26 Å². The first kappa shape index (κ1) is 12.1. The van der Waals surface area contributed by atoms with Crippen LogP contribution in [0.2, 0.25) is 0 Å². The van der Waals surface area contributed by atoms with E-state index in [4.69, 9.17) is 0 Å². The van der Waals surface area contributed by atoms with Crippen molar-refractivity contribution in [3.63, 3.8) is 0 Å². The molecule has 1 nitrogen and oxygen atoms in total. The van der Waals surface area contributed by atoms with Gasteiger partial charge in [0.1, 0.15) is 6.07 Å². The molecular formula is C14H11NS2. The lowest BCUT2D eigenvalue weighted by atomic mass is 10.2. The highest BCUT2D eigenvalue weighted by atomic mass is 32.2. The minimum atomic E-state index is 0.772. The van der Waals surface area contributed by atoms with E-state index < -0.39 is 0 Å². The summed E-state index contributed by atoms with van der Waals surface area (Å²) in [5.74, 6) is 0. The van der Waals surface area contributed by atoms with Crippen molar-refractivity contribution in [3.8, 4) is 6.07 Å². The highest BCUT2D eigenvalue weighted by Crippen LogP contribution is 2.34. The zero-order chi connectivity index (χ0) is 12.1. The smallest absolute Gasteiger partial charge is 0.101 e. The molecule has 84 valence electrons. The fourth-order valence-corrected chi connectivity index (χ4v) is 3.08. The zero-order valence-corrected chi connectivity index (χ0v) is 11.0. The number of thioether (sulfide) groups is 1. The molecule has 17 heavy (non-hydrogen) atoms. The maximum Gasteiger partial charge on any atom is 0.101 e. The average Bonchev–Trinajstić information content (AvgIpc) is 2.39. The topological polar surface area (TPSA) is 23.8 Å². The minimum Gasteiger partial charge on any atom is -0.192 e. The number of hydrogen-bond acceptors (Lipinski definition) is 3. The molecule has 0 atom stereocenters. The first-order valence-electron chi connectivity index (χ1n) is 5.15. The molecule has 0 aliphatic heterocycles. The molecule has 3 heteroatoms. The Labute approximate surface area is 110 Å². The zero-order valence-electron chi connectivity index (χ0n) is 9.38. The summed E-state index contributed by atoms with van der Waals surface area (Å²) in [6, 6.07) is 18.4. The Morgan fingerprint density at radius 3 is 2.29 bits per heavy atom. The van der Waals surface area contributed by atoms with Gasteiger partial charge in [-0.15, -0.1) is 11.8 Å². The molecule has 0 aromatic heterocycles. The van der Waals surface area contributed by atoms with Gasteiger partial charge in [-0.05, 0) is 30.5 Å². The first-order valence-corrected chi connectivity index (χ1v) is 7.19. The lowest BCUT2D eigenvalue weighted by molar-refractivity contribution is 1.25. The normalized spacial score (nSPS) is 9.88. The Hall–Kier alpha value is -1.37. The number of nitrogens with zero attached hydrogens (tertiary/aromatic N) is 1. The van der Waals surface area contributed by atoms with Crippen LogP contribution in [0.5, 0.6) is 0 Å². The van der Waals surface area contributed by atoms with Gasteiger partial charge in [-0.3, -0.25) is 0 Å².